The van der Waals surface area contributed by atoms with Gasteiger partial charge in [-0.05, 0) is 17.7 Å². The van der Waals surface area contributed by atoms with Crippen molar-refractivity contribution in [3.8, 4) is 5.75 Å². The molecule has 1 N–H and O–H groups in total. The van der Waals surface area contributed by atoms with E-state index in [2.05, 4.69) is 5.32 Å². The van der Waals surface area contributed by atoms with E-state index in [1.807, 2.05) is 0 Å². The van der Waals surface area contributed by atoms with Crippen LogP contribution in [-0.4, -0.2) is 26.9 Å². The highest BCUT2D eigenvalue weighted by atomic mass is 35.5. The molecule has 3 nitrogen and oxygen atoms in total. The smallest absolute Gasteiger partial charge is 0.191 e. The molecule has 1 aromatic rings. The molecule has 1 aromatic carbocycles. The van der Waals surface area contributed by atoms with E-state index in [4.69, 9.17) is 32.7 Å². The highest BCUT2D eigenvalue weighted by Crippen LogP contribution is 2.24. The average molecular weight is 326 g/mol. The summed E-state index contributed by atoms with van der Waals surface area (Å²) in [7, 11) is 1.58. The van der Waals surface area contributed by atoms with E-state index in [9.17, 15) is 8.78 Å². The second kappa shape index (κ2) is 9.13. The minimum absolute atomic E-state index is 0.149. The van der Waals surface area contributed by atoms with Gasteiger partial charge in [0.2, 0.25) is 0 Å². The van der Waals surface area contributed by atoms with Crippen molar-refractivity contribution in [1.29, 1.82) is 0 Å². The number of halogens is 4. The van der Waals surface area contributed by atoms with Crippen LogP contribution in [0.4, 0.5) is 8.78 Å². The second-order valence-corrected chi connectivity index (χ2v) is 4.61. The number of hydrogen-bond donors (Lipinski definition) is 1. The first kappa shape index (κ1) is 17.2. The zero-order valence-corrected chi connectivity index (χ0v) is 12.4. The Balaban J connectivity index is 2.66. The molecule has 0 aliphatic rings. The van der Waals surface area contributed by atoms with Crippen molar-refractivity contribution in [1.82, 2.24) is 5.32 Å². The summed E-state index contributed by atoms with van der Waals surface area (Å²) >= 11 is 10.9. The van der Waals surface area contributed by atoms with Gasteiger partial charge in [-0.15, -0.1) is 0 Å². The van der Waals surface area contributed by atoms with Crippen LogP contribution in [0.15, 0.2) is 22.7 Å². The minimum Gasteiger partial charge on any atom is -0.482 e. The molecule has 0 aliphatic carbocycles. The fraction of sp³-hybridized carbons (Fsp3) is 0.385. The molecule has 7 heteroatoms. The Hall–Kier alpha value is -0.880. The minimum atomic E-state index is -0.785. The number of nitrogens with one attached hydrogen (secondary N) is 1. The standard InChI is InChI=1S/C13H15Cl2F2NO2/c1-19-3-2-18-7-9-4-11(16)13(12(17)5-9)20-8-10(15)6-14/h4-6,18H,2-3,7-8H2,1H3. The number of ether oxygens (including phenoxy) is 2. The van der Waals surface area contributed by atoms with Crippen LogP contribution in [0.1, 0.15) is 5.56 Å². The van der Waals surface area contributed by atoms with E-state index in [0.29, 0.717) is 25.3 Å². The van der Waals surface area contributed by atoms with Crippen LogP contribution in [0, 0.1) is 11.6 Å². The summed E-state index contributed by atoms with van der Waals surface area (Å²) in [5.41, 5.74) is 1.55. The van der Waals surface area contributed by atoms with Gasteiger partial charge in [-0.2, -0.15) is 0 Å². The van der Waals surface area contributed by atoms with E-state index in [-0.39, 0.29) is 11.6 Å². The molecule has 0 saturated heterocycles. The van der Waals surface area contributed by atoms with Crippen LogP contribution in [-0.2, 0) is 11.3 Å². The average Bonchev–Trinajstić information content (AvgIpc) is 2.42. The number of rotatable bonds is 8. The maximum atomic E-state index is 13.7. The van der Waals surface area contributed by atoms with Gasteiger partial charge in [0.25, 0.3) is 0 Å². The zero-order chi connectivity index (χ0) is 15.0. The Morgan fingerprint density at radius 1 is 1.35 bits per heavy atom. The van der Waals surface area contributed by atoms with Gasteiger partial charge in [0.15, 0.2) is 17.4 Å². The molecular weight excluding hydrogens is 311 g/mol. The molecular formula is C13H15Cl2F2NO2. The largest absolute Gasteiger partial charge is 0.482 e. The molecule has 0 heterocycles. The molecule has 0 amide bonds. The second-order valence-electron chi connectivity index (χ2n) is 3.90. The van der Waals surface area contributed by atoms with Gasteiger partial charge in [0.05, 0.1) is 11.6 Å². The van der Waals surface area contributed by atoms with Gasteiger partial charge in [-0.3, -0.25) is 0 Å². The third-order valence-corrected chi connectivity index (χ3v) is 2.94. The van der Waals surface area contributed by atoms with Gasteiger partial charge in [0, 0.05) is 25.7 Å². The van der Waals surface area contributed by atoms with Gasteiger partial charge < -0.3 is 14.8 Å². The Labute approximate surface area is 126 Å². The summed E-state index contributed by atoms with van der Waals surface area (Å²) in [5, 5.41) is 3.14. The summed E-state index contributed by atoms with van der Waals surface area (Å²) in [6.45, 7) is 1.26. The van der Waals surface area contributed by atoms with E-state index in [1.165, 1.54) is 12.1 Å². The fourth-order valence-electron chi connectivity index (χ4n) is 1.43. The Kier molecular flexibility index (Phi) is 7.84. The highest BCUT2D eigenvalue weighted by Gasteiger charge is 2.13. The number of benzene rings is 1. The zero-order valence-electron chi connectivity index (χ0n) is 10.9. The lowest BCUT2D eigenvalue weighted by Crippen LogP contribution is -2.18. The molecule has 1 rings (SSSR count). The van der Waals surface area contributed by atoms with Crippen molar-refractivity contribution in [3.05, 3.63) is 39.9 Å². The summed E-state index contributed by atoms with van der Waals surface area (Å²) in [6, 6.07) is 2.41. The van der Waals surface area contributed by atoms with Crippen molar-refractivity contribution >= 4 is 23.2 Å². The van der Waals surface area contributed by atoms with Gasteiger partial charge in [-0.1, -0.05) is 23.2 Å². The number of hydrogen-bond acceptors (Lipinski definition) is 3. The summed E-state index contributed by atoms with van der Waals surface area (Å²) in [5.74, 6) is -2.04. The van der Waals surface area contributed by atoms with Crippen LogP contribution in [0.5, 0.6) is 5.75 Å². The van der Waals surface area contributed by atoms with Crippen molar-refractivity contribution in [2.75, 3.05) is 26.9 Å². The predicted octanol–water partition coefficient (Wildman–Crippen LogP) is 3.40. The Bertz CT molecular complexity index is 447. The first-order chi connectivity index (χ1) is 9.58. The molecule has 0 fully saturated rings. The molecule has 0 spiro atoms. The number of methoxy groups -OCH3 is 1. The Morgan fingerprint density at radius 2 is 2.00 bits per heavy atom. The van der Waals surface area contributed by atoms with Crippen molar-refractivity contribution in [2.24, 2.45) is 0 Å². The molecule has 0 atom stereocenters. The fourth-order valence-corrected chi connectivity index (χ4v) is 1.55. The molecule has 0 aromatic heterocycles. The van der Waals surface area contributed by atoms with Crippen LogP contribution in [0.2, 0.25) is 0 Å². The quantitative estimate of drug-likeness (QED) is 0.743. The maximum Gasteiger partial charge on any atom is 0.191 e. The third kappa shape index (κ3) is 5.63. The summed E-state index contributed by atoms with van der Waals surface area (Å²) in [6.07, 6.45) is 0. The molecule has 0 saturated carbocycles. The van der Waals surface area contributed by atoms with E-state index < -0.39 is 17.4 Å². The van der Waals surface area contributed by atoms with E-state index in [1.54, 1.807) is 7.11 Å². The lowest BCUT2D eigenvalue weighted by Gasteiger charge is -2.10. The SMILES string of the molecule is COCCNCc1cc(F)c(OCC(Cl)=CCl)c(F)c1. The predicted molar refractivity (Wildman–Crippen MR) is 75.2 cm³/mol. The van der Waals surface area contributed by atoms with Crippen LogP contribution in [0.25, 0.3) is 0 Å². The molecule has 112 valence electrons. The molecule has 0 radical (unpaired) electrons. The highest BCUT2D eigenvalue weighted by molar-refractivity contribution is 6.36. The summed E-state index contributed by atoms with van der Waals surface area (Å²) in [4.78, 5) is 0. The van der Waals surface area contributed by atoms with Gasteiger partial charge >= 0.3 is 0 Å². The Morgan fingerprint density at radius 3 is 2.55 bits per heavy atom. The van der Waals surface area contributed by atoms with Crippen LogP contribution in [0.3, 0.4) is 0 Å². The van der Waals surface area contributed by atoms with Gasteiger partial charge in [-0.25, -0.2) is 8.78 Å². The molecule has 0 aliphatic heterocycles. The molecule has 0 unspecified atom stereocenters. The topological polar surface area (TPSA) is 30.5 Å². The van der Waals surface area contributed by atoms with Crippen molar-refractivity contribution in [2.45, 2.75) is 6.54 Å². The van der Waals surface area contributed by atoms with Crippen molar-refractivity contribution < 1.29 is 18.3 Å². The monoisotopic (exact) mass is 325 g/mol. The molecule has 0 bridgehead atoms. The van der Waals surface area contributed by atoms with Gasteiger partial charge in [0.1, 0.15) is 6.61 Å². The first-order valence-electron chi connectivity index (χ1n) is 5.83. The van der Waals surface area contributed by atoms with Crippen LogP contribution >= 0.6 is 23.2 Å². The van der Waals surface area contributed by atoms with Crippen molar-refractivity contribution in [3.63, 3.8) is 0 Å². The van der Waals surface area contributed by atoms with Crippen LogP contribution < -0.4 is 10.1 Å². The lowest BCUT2D eigenvalue weighted by molar-refractivity contribution is 0.199. The first-order valence-corrected chi connectivity index (χ1v) is 6.65. The van der Waals surface area contributed by atoms with E-state index in [0.717, 1.165) is 5.54 Å². The third-order valence-electron chi connectivity index (χ3n) is 2.34. The maximum absolute atomic E-state index is 13.7. The normalized spacial score (nSPS) is 11.8. The molecule has 20 heavy (non-hydrogen) atoms. The lowest BCUT2D eigenvalue weighted by atomic mass is 10.2. The summed E-state index contributed by atoms with van der Waals surface area (Å²) < 4.78 is 37.3. The van der Waals surface area contributed by atoms with E-state index >= 15 is 0 Å².